The molecule has 16 rings (SSSR count). The predicted octanol–water partition coefficient (Wildman–Crippen LogP) is 32.8. The molecule has 0 fully saturated rings. The Labute approximate surface area is 772 Å². The summed E-state index contributed by atoms with van der Waals surface area (Å²) >= 11 is 21.1. The Morgan fingerprint density at radius 2 is 0.530 bits per heavy atom. The molecule has 0 bridgehead atoms. The molecule has 0 aliphatic rings. The van der Waals surface area contributed by atoms with Gasteiger partial charge < -0.3 is 38.7 Å². The fraction of sp³-hybridized carbons (Fsp3) is 0.154. The van der Waals surface area contributed by atoms with Crippen molar-refractivity contribution < 1.29 is 85.6 Å². The van der Waals surface area contributed by atoms with E-state index in [1.165, 1.54) is 17.0 Å². The number of nitrogens with zero attached hydrogens (tertiary/aromatic N) is 5. The van der Waals surface area contributed by atoms with Crippen LogP contribution in [0, 0.1) is 0 Å². The van der Waals surface area contributed by atoms with Crippen molar-refractivity contribution in [1.29, 1.82) is 0 Å². The lowest BCUT2D eigenvalue weighted by Gasteiger charge is -2.34. The maximum absolute atomic E-state index is 10.2. The lowest BCUT2D eigenvalue weighted by Crippen LogP contribution is -2.19. The lowest BCUT2D eigenvalue weighted by molar-refractivity contribution is 0.589. The van der Waals surface area contributed by atoms with Gasteiger partial charge in [0.15, 0.2) is 0 Å². The highest BCUT2D eigenvalue weighted by Gasteiger charge is 2.31. The van der Waals surface area contributed by atoms with Gasteiger partial charge in [0.05, 0.1) is 118 Å². The largest absolute Gasteiger partial charge is 0.462 e. The second kappa shape index (κ2) is 34.3. The minimum absolute atomic E-state index is 0.0222. The highest BCUT2D eigenvalue weighted by Crippen LogP contribution is 2.53. The molecule has 0 atom stereocenters. The van der Waals surface area contributed by atoms with Gasteiger partial charge in [0, 0.05) is 79.0 Å². The summed E-state index contributed by atoms with van der Waals surface area (Å²) in [7, 11) is 0. The van der Waals surface area contributed by atoms with E-state index >= 15 is 0 Å². The monoisotopic (exact) mass is 1620 g/mol. The molecular weight excluding hydrogens is 1470 g/mol. The van der Waals surface area contributed by atoms with Crippen LogP contribution in [0.4, 0.5) is 96.7 Å². The van der Waals surface area contributed by atoms with Gasteiger partial charge in [-0.25, -0.2) is 0 Å². The summed E-state index contributed by atoms with van der Waals surface area (Å²) in [6.07, 6.45) is -1.47. The smallest absolute Gasteiger partial charge is 0.136 e. The molecule has 0 aliphatic heterocycles. The number of hydrogen-bond acceptors (Lipinski definition) is 8. The number of hydrogen-bond donors (Lipinski definition) is 1. The van der Waals surface area contributed by atoms with Crippen molar-refractivity contribution in [2.45, 2.75) is 105 Å². The van der Waals surface area contributed by atoms with Gasteiger partial charge in [-0.1, -0.05) is 287 Å². The van der Waals surface area contributed by atoms with Crippen LogP contribution in [-0.4, -0.2) is 0 Å². The summed E-state index contributed by atoms with van der Waals surface area (Å²) in [6, 6.07) is -42.0. The molecule has 16 aromatic rings. The van der Waals surface area contributed by atoms with Crippen molar-refractivity contribution >= 4 is 153 Å². The van der Waals surface area contributed by atoms with Crippen LogP contribution in [0.1, 0.15) is 182 Å². The first-order chi connectivity index (χ1) is 78.6. The molecule has 0 aliphatic carbocycles. The Morgan fingerprint density at radius 3 is 0.896 bits per heavy atom. The van der Waals surface area contributed by atoms with Crippen LogP contribution < -0.4 is 29.8 Å². The zero-order chi connectivity index (χ0) is 129. The number of rotatable bonds is 17. The molecule has 11 heteroatoms. The zero-order valence-electron chi connectivity index (χ0n) is 119. The van der Waals surface area contributed by atoms with Crippen LogP contribution in [0.2, 0.25) is 15.1 Å². The van der Waals surface area contributed by atoms with E-state index in [1.54, 1.807) is 74.4 Å². The van der Waals surface area contributed by atoms with Gasteiger partial charge in [-0.2, -0.15) is 0 Å². The average molecular weight is 1630 g/mol. The average Bonchev–Trinajstić information content (AvgIpc) is 0.853. The number of halogens is 3. The number of fused-ring (bicyclic) bond motifs is 2. The summed E-state index contributed by atoms with van der Waals surface area (Å²) in [6.45, 7) is 21.0. The van der Waals surface area contributed by atoms with Gasteiger partial charge in [-0.15, -0.1) is 0 Å². The lowest BCUT2D eigenvalue weighted by atomic mass is 9.85. The van der Waals surface area contributed by atoms with Gasteiger partial charge in [0.25, 0.3) is 0 Å². The van der Waals surface area contributed by atoms with Crippen molar-refractivity contribution in [2.24, 2.45) is 0 Å². The Balaban J connectivity index is 0.000000219. The number of para-hydroxylation sites is 8. The molecule has 1 N–H and O–H groups in total. The summed E-state index contributed by atoms with van der Waals surface area (Å²) in [5.74, 6) is 0. The Bertz CT molecular complexity index is 9160. The molecule has 0 spiro atoms. The van der Waals surface area contributed by atoms with Crippen LogP contribution in [0.3, 0.4) is 0 Å². The van der Waals surface area contributed by atoms with Crippen molar-refractivity contribution in [2.75, 3.05) is 29.8 Å². The van der Waals surface area contributed by atoms with Crippen LogP contribution in [0.15, 0.2) is 372 Å². The van der Waals surface area contributed by atoms with Crippen LogP contribution in [0.5, 0.6) is 0 Å². The van der Waals surface area contributed by atoms with Gasteiger partial charge in [-0.3, -0.25) is 0 Å². The fourth-order valence-corrected chi connectivity index (χ4v) is 11.6. The molecule has 115 heavy (non-hydrogen) atoms. The molecule has 0 saturated carbocycles. The van der Waals surface area contributed by atoms with E-state index in [4.69, 9.17) is 107 Å². The molecule has 14 aromatic carbocycles. The van der Waals surface area contributed by atoms with E-state index in [2.05, 4.69) is 5.32 Å². The first kappa shape index (κ1) is 36.1. The fourth-order valence-electron chi connectivity index (χ4n) is 10.9. The maximum Gasteiger partial charge on any atom is 0.136 e. The summed E-state index contributed by atoms with van der Waals surface area (Å²) in [4.78, 5) is 3.52. The summed E-state index contributed by atoms with van der Waals surface area (Å²) < 4.78 is 501. The SMILES string of the molecule is [2H]c1c([2H])c([2H])c(Nc2c([2H])c([2H])c([2H])c(N(c3c([2H])c([2H])c([2H])c([2H])c3[2H])c3c([2H])c([2H])c([2H])c([2H])c3[2H])c2[2H])c([2H])c1[2H].[2H]c1oc2c([2H])c([2H])c(C(C)(C)C)c([2H])c2c1N(c1cc(C(C)(C)C)cc(Cl)c1Cl)c1c([2H])c([2H])c([2H])c([2H])c1[2H].[2H]c1oc2c([2H])c([2H])c(C(C)(C)C)c([2H])c2c1N(c1cc(C(C)(C)C)cc(N(c2c([2H])c([2H])c([2H])c([2H])c2[2H])c2c([2H])c([2H])c([2H])c(N(c3c([2H])c([2H])c([2H])c([2H])c3[2H])c3c([2H])c([2H])c([2H])c([2H])c3[2H])c2[2H])c1Cl)c1c([2H])c([2H])c([2H])c([2H])c1[2H]. The van der Waals surface area contributed by atoms with E-state index in [1.807, 2.05) is 20.8 Å². The van der Waals surface area contributed by atoms with Crippen LogP contribution in [-0.2, 0) is 21.7 Å². The number of anilines is 17. The minimum Gasteiger partial charge on any atom is -0.462 e. The standard InChI is InChI=1S/C52H48ClN3O.C28H29Cl2NO.C24H20N2/c1-51(2,3)37-30-31-49-45(32-37)48(36-57-49)56(42-26-17-10-18-27-42)47-34-38(52(4,5)6)33-46(50(47)53)55(41-24-15-9-16-25-41)44-29-19-28-43(35-44)54(39-20-11-7-12-21-39)40-22-13-8-14-23-40;1-27(2,3)18-12-13-25-21(14-18)24(17-32-25)31(20-10-8-7-9-11-20)23-16-19(28(4,5)6)15-22(29)26(23)30;1-4-11-20(12-5-1)25-21-13-10-18-24(19-21)26(22-14-6-2-7-15-22)23-16-8-3-9-17-23/h7-36H,1-6H3;7-17H,1-6H3;1-19,25H/i7D,8D,9D,10D,11D,12D,13D,14D,15D,16D,17D,18D,19D,20D,21D,22D,23D,24D,25D,26D,27D,28D,29D,30D,31D,32D,35D,36D;7D,8D,9D,10D,11D,12D,13D,14D,17D;1D,2D,3D,4D,5D,6D,7D,8D,9D,10D,11D,12D,13D,14D,15D,16D,17D,18D,19D. The maximum atomic E-state index is 10.2. The molecule has 2 heterocycles. The molecule has 576 valence electrons. The van der Waals surface area contributed by atoms with Crippen LogP contribution in [0.25, 0.3) is 21.9 Å². The Morgan fingerprint density at radius 1 is 0.252 bits per heavy atom. The van der Waals surface area contributed by atoms with Gasteiger partial charge in [0.2, 0.25) is 0 Å². The van der Waals surface area contributed by atoms with E-state index in [9.17, 15) is 13.7 Å². The molecule has 0 unspecified atom stereocenters. The molecule has 2 aromatic heterocycles. The second-order valence-corrected chi connectivity index (χ2v) is 29.8. The Hall–Kier alpha value is -12.2. The number of furan rings is 2. The quantitative estimate of drug-likeness (QED) is 0.0968. The number of nitrogens with one attached hydrogen (secondary N) is 1. The van der Waals surface area contributed by atoms with Crippen molar-refractivity contribution in [3.8, 4) is 0 Å². The molecule has 8 nitrogen and oxygen atoms in total. The summed E-state index contributed by atoms with van der Waals surface area (Å²) in [5.41, 5.74) is -15.5. The third-order valence-corrected chi connectivity index (χ3v) is 17.8. The van der Waals surface area contributed by atoms with Crippen molar-refractivity contribution in [3.63, 3.8) is 0 Å². The van der Waals surface area contributed by atoms with E-state index < -0.39 is 438 Å². The highest BCUT2D eigenvalue weighted by atomic mass is 35.5. The van der Waals surface area contributed by atoms with Crippen molar-refractivity contribution in [1.82, 2.24) is 0 Å². The first-order valence-electron chi connectivity index (χ1n) is 62.5. The minimum atomic E-state index is -1.28. The van der Waals surface area contributed by atoms with Crippen LogP contribution >= 0.6 is 34.8 Å². The van der Waals surface area contributed by atoms with E-state index in [0.29, 0.717) is 20.3 Å². The topological polar surface area (TPSA) is 54.5 Å². The highest BCUT2D eigenvalue weighted by molar-refractivity contribution is 6.44. The second-order valence-electron chi connectivity index (χ2n) is 28.7. The van der Waals surface area contributed by atoms with E-state index in [-0.39, 0.29) is 72.9 Å². The normalized spacial score (nSPS) is 18.4. The van der Waals surface area contributed by atoms with Gasteiger partial charge in [-0.05, 0) is 225 Å². The molecular formula is C104H97Cl3N6O2. The van der Waals surface area contributed by atoms with E-state index in [0.717, 1.165) is 4.90 Å². The molecule has 0 radical (unpaired) electrons. The predicted molar refractivity (Wildman–Crippen MR) is 492 cm³/mol. The molecule has 0 amide bonds. The third-order valence-electron chi connectivity index (χ3n) is 16.6. The van der Waals surface area contributed by atoms with Gasteiger partial charge in [0.1, 0.15) is 26.4 Å². The van der Waals surface area contributed by atoms with Gasteiger partial charge >= 0.3 is 0 Å². The summed E-state index contributed by atoms with van der Waals surface area (Å²) in [5, 5.41) is 1.29. The number of benzene rings is 14. The first-order valence-corrected chi connectivity index (χ1v) is 35.7. The zero-order valence-corrected chi connectivity index (χ0v) is 65.3. The van der Waals surface area contributed by atoms with Crippen molar-refractivity contribution in [3.05, 3.63) is 400 Å². The Kier molecular flexibility index (Phi) is 10.8. The molecule has 0 saturated heterocycles. The third kappa shape index (κ3) is 18.2.